The van der Waals surface area contributed by atoms with Gasteiger partial charge in [-0.1, -0.05) is 6.42 Å². The molecule has 25 heavy (non-hydrogen) atoms. The molecule has 5 nitrogen and oxygen atoms in total. The second kappa shape index (κ2) is 7.46. The van der Waals surface area contributed by atoms with E-state index in [0.29, 0.717) is 32.8 Å². The Morgan fingerprint density at radius 3 is 2.24 bits per heavy atom. The summed E-state index contributed by atoms with van der Waals surface area (Å²) in [4.78, 5) is 29.0. The highest BCUT2D eigenvalue weighted by atomic mass is 16.5. The number of carbonyl (C=O) groups is 2. The van der Waals surface area contributed by atoms with Gasteiger partial charge in [0, 0.05) is 37.7 Å². The normalized spacial score (nSPS) is 18.0. The molecule has 1 aliphatic carbocycles. The van der Waals surface area contributed by atoms with E-state index in [1.54, 1.807) is 0 Å². The van der Waals surface area contributed by atoms with Crippen LogP contribution in [0.2, 0.25) is 0 Å². The Morgan fingerprint density at radius 1 is 1.04 bits per heavy atom. The van der Waals surface area contributed by atoms with Crippen molar-refractivity contribution in [1.29, 1.82) is 0 Å². The molecule has 0 bridgehead atoms. The minimum Gasteiger partial charge on any atom is -0.494 e. The molecule has 1 aliphatic heterocycles. The molecule has 1 saturated heterocycles. The molecule has 0 N–H and O–H groups in total. The largest absolute Gasteiger partial charge is 0.494 e. The van der Waals surface area contributed by atoms with Crippen LogP contribution in [0.25, 0.3) is 0 Å². The Kier molecular flexibility index (Phi) is 5.30. The van der Waals surface area contributed by atoms with E-state index in [2.05, 4.69) is 0 Å². The first-order chi connectivity index (χ1) is 12.0. The molecule has 0 spiro atoms. The summed E-state index contributed by atoms with van der Waals surface area (Å²) in [6, 6.07) is 3.87. The lowest BCUT2D eigenvalue weighted by Gasteiger charge is -2.38. The Labute approximate surface area is 149 Å². The first kappa shape index (κ1) is 17.8. The average Bonchev–Trinajstić information content (AvgIpc) is 2.56. The number of ether oxygens (including phenoxy) is 1. The summed E-state index contributed by atoms with van der Waals surface area (Å²) in [5.41, 5.74) is 2.65. The molecule has 136 valence electrons. The van der Waals surface area contributed by atoms with Crippen molar-refractivity contribution in [2.24, 2.45) is 5.92 Å². The zero-order valence-corrected chi connectivity index (χ0v) is 15.5. The average molecular weight is 344 g/mol. The van der Waals surface area contributed by atoms with Gasteiger partial charge in [-0.2, -0.15) is 0 Å². The predicted octanol–water partition coefficient (Wildman–Crippen LogP) is 2.79. The van der Waals surface area contributed by atoms with Gasteiger partial charge in [0.2, 0.25) is 5.91 Å². The molecule has 0 unspecified atom stereocenters. The van der Waals surface area contributed by atoms with Crippen molar-refractivity contribution < 1.29 is 14.3 Å². The van der Waals surface area contributed by atoms with Gasteiger partial charge in [-0.15, -0.1) is 0 Å². The van der Waals surface area contributed by atoms with Crippen molar-refractivity contribution in [2.75, 3.05) is 32.8 Å². The van der Waals surface area contributed by atoms with E-state index in [9.17, 15) is 9.59 Å². The van der Waals surface area contributed by atoms with Crippen LogP contribution in [0, 0.1) is 19.8 Å². The summed E-state index contributed by atoms with van der Waals surface area (Å²) in [6.45, 7) is 9.02. The van der Waals surface area contributed by atoms with Crippen LogP contribution < -0.4 is 4.74 Å². The maximum absolute atomic E-state index is 12.9. The standard InChI is InChI=1S/C20H28N2O3/c1-4-25-18-13-14(2)17(12-15(18)3)20(24)22-10-8-21(9-11-22)19(23)16-6-5-7-16/h12-13,16H,4-11H2,1-3H3. The zero-order chi connectivity index (χ0) is 18.0. The van der Waals surface area contributed by atoms with Crippen LogP contribution in [0.5, 0.6) is 5.75 Å². The number of hydrogen-bond donors (Lipinski definition) is 0. The first-order valence-electron chi connectivity index (χ1n) is 9.33. The highest BCUT2D eigenvalue weighted by Gasteiger charge is 2.32. The first-order valence-corrected chi connectivity index (χ1v) is 9.33. The minimum atomic E-state index is 0.0550. The highest BCUT2D eigenvalue weighted by Crippen LogP contribution is 2.29. The van der Waals surface area contributed by atoms with Crippen LogP contribution in [0.15, 0.2) is 12.1 Å². The van der Waals surface area contributed by atoms with Gasteiger partial charge in [0.1, 0.15) is 5.75 Å². The maximum atomic E-state index is 12.9. The Morgan fingerprint density at radius 2 is 1.68 bits per heavy atom. The summed E-state index contributed by atoms with van der Waals surface area (Å²) >= 11 is 0. The fourth-order valence-corrected chi connectivity index (χ4v) is 3.54. The molecule has 1 aromatic rings. The van der Waals surface area contributed by atoms with Crippen molar-refractivity contribution in [1.82, 2.24) is 9.80 Å². The van der Waals surface area contributed by atoms with Crippen LogP contribution in [0.1, 0.15) is 47.7 Å². The van der Waals surface area contributed by atoms with Crippen LogP contribution >= 0.6 is 0 Å². The number of nitrogens with zero attached hydrogens (tertiary/aromatic N) is 2. The van der Waals surface area contributed by atoms with Gasteiger partial charge in [0.05, 0.1) is 6.61 Å². The Hall–Kier alpha value is -2.04. The minimum absolute atomic E-state index is 0.0550. The van der Waals surface area contributed by atoms with Crippen molar-refractivity contribution in [3.63, 3.8) is 0 Å². The van der Waals surface area contributed by atoms with Crippen LogP contribution in [-0.4, -0.2) is 54.4 Å². The molecule has 2 amide bonds. The summed E-state index contributed by atoms with van der Waals surface area (Å²) in [7, 11) is 0. The third-order valence-corrected chi connectivity index (χ3v) is 5.39. The lowest BCUT2D eigenvalue weighted by atomic mass is 9.84. The molecular formula is C20H28N2O3. The van der Waals surface area contributed by atoms with Gasteiger partial charge < -0.3 is 14.5 Å². The van der Waals surface area contributed by atoms with E-state index in [1.807, 2.05) is 42.7 Å². The van der Waals surface area contributed by atoms with Crippen molar-refractivity contribution in [3.8, 4) is 5.75 Å². The maximum Gasteiger partial charge on any atom is 0.254 e. The number of aryl methyl sites for hydroxylation is 2. The number of hydrogen-bond acceptors (Lipinski definition) is 3. The van der Waals surface area contributed by atoms with Crippen LogP contribution in [0.4, 0.5) is 0 Å². The number of rotatable bonds is 4. The molecular weight excluding hydrogens is 316 g/mol. The predicted molar refractivity (Wildman–Crippen MR) is 96.9 cm³/mol. The molecule has 2 fully saturated rings. The van der Waals surface area contributed by atoms with Gasteiger partial charge in [-0.05, 0) is 56.9 Å². The highest BCUT2D eigenvalue weighted by molar-refractivity contribution is 5.96. The fraction of sp³-hybridized carbons (Fsp3) is 0.600. The SMILES string of the molecule is CCOc1cc(C)c(C(=O)N2CCN(C(=O)C3CCC3)CC2)cc1C. The molecule has 2 aliphatic rings. The van der Waals surface area contributed by atoms with E-state index in [1.165, 1.54) is 6.42 Å². The summed E-state index contributed by atoms with van der Waals surface area (Å²) in [6.07, 6.45) is 3.23. The second-order valence-electron chi connectivity index (χ2n) is 7.11. The van der Waals surface area contributed by atoms with Crippen molar-refractivity contribution >= 4 is 11.8 Å². The zero-order valence-electron chi connectivity index (χ0n) is 15.5. The van der Waals surface area contributed by atoms with Gasteiger partial charge >= 0.3 is 0 Å². The van der Waals surface area contributed by atoms with E-state index in [4.69, 9.17) is 4.74 Å². The smallest absolute Gasteiger partial charge is 0.254 e. The number of benzene rings is 1. The summed E-state index contributed by atoms with van der Waals surface area (Å²) in [5.74, 6) is 1.41. The van der Waals surface area contributed by atoms with Crippen LogP contribution in [0.3, 0.4) is 0 Å². The molecule has 3 rings (SSSR count). The topological polar surface area (TPSA) is 49.9 Å². The Bertz CT molecular complexity index is 659. The van der Waals surface area contributed by atoms with E-state index < -0.39 is 0 Å². The molecule has 1 heterocycles. The van der Waals surface area contributed by atoms with Gasteiger partial charge in [0.25, 0.3) is 5.91 Å². The van der Waals surface area contributed by atoms with Crippen LogP contribution in [-0.2, 0) is 4.79 Å². The van der Waals surface area contributed by atoms with Gasteiger partial charge in [-0.25, -0.2) is 0 Å². The van der Waals surface area contributed by atoms with Crippen molar-refractivity contribution in [3.05, 3.63) is 28.8 Å². The number of amides is 2. The van der Waals surface area contributed by atoms with E-state index >= 15 is 0 Å². The monoisotopic (exact) mass is 344 g/mol. The third kappa shape index (κ3) is 3.65. The Balaban J connectivity index is 1.64. The molecule has 1 saturated carbocycles. The van der Waals surface area contributed by atoms with Gasteiger partial charge in [0.15, 0.2) is 0 Å². The number of piperazine rings is 1. The van der Waals surface area contributed by atoms with E-state index in [0.717, 1.165) is 35.3 Å². The summed E-state index contributed by atoms with van der Waals surface area (Å²) in [5, 5.41) is 0. The van der Waals surface area contributed by atoms with Crippen molar-refractivity contribution in [2.45, 2.75) is 40.0 Å². The fourth-order valence-electron chi connectivity index (χ4n) is 3.54. The molecule has 5 heteroatoms. The van der Waals surface area contributed by atoms with Gasteiger partial charge in [-0.3, -0.25) is 9.59 Å². The quantitative estimate of drug-likeness (QED) is 0.844. The second-order valence-corrected chi connectivity index (χ2v) is 7.11. The molecule has 0 radical (unpaired) electrons. The molecule has 0 atom stereocenters. The van der Waals surface area contributed by atoms with E-state index in [-0.39, 0.29) is 17.7 Å². The molecule has 0 aromatic heterocycles. The number of carbonyl (C=O) groups excluding carboxylic acids is 2. The lowest BCUT2D eigenvalue weighted by molar-refractivity contribution is -0.139. The lowest BCUT2D eigenvalue weighted by Crippen LogP contribution is -2.52. The third-order valence-electron chi connectivity index (χ3n) is 5.39. The molecule has 1 aromatic carbocycles. The summed E-state index contributed by atoms with van der Waals surface area (Å²) < 4.78 is 5.61.